The van der Waals surface area contributed by atoms with Crippen LogP contribution in [0.3, 0.4) is 0 Å². The normalized spacial score (nSPS) is 14.3. The van der Waals surface area contributed by atoms with Gasteiger partial charge in [-0.1, -0.05) is 12.1 Å². The molecule has 5 rings (SSSR count). The summed E-state index contributed by atoms with van der Waals surface area (Å²) in [5, 5.41) is 13.6. The molecule has 25 heavy (non-hydrogen) atoms. The van der Waals surface area contributed by atoms with Gasteiger partial charge in [0.15, 0.2) is 0 Å². The number of hydrogen-bond donors (Lipinski definition) is 0. The standard InChI is InChI=1S/C16H11FN6S2/c17-10-3-1-9(2-4-10)13-7-12-14(24-13)15(19-8-18-12)25-16-20-21-22-23(16)11-5-6-11/h1-4,7-8,11H,5-6H2. The van der Waals surface area contributed by atoms with Gasteiger partial charge < -0.3 is 0 Å². The van der Waals surface area contributed by atoms with Crippen molar-refractivity contribution in [1.82, 2.24) is 30.2 Å². The Kier molecular flexibility index (Phi) is 3.49. The zero-order valence-corrected chi connectivity index (χ0v) is 14.5. The highest BCUT2D eigenvalue weighted by Crippen LogP contribution is 2.41. The fraction of sp³-hybridized carbons (Fsp3) is 0.188. The Morgan fingerprint density at radius 1 is 1.16 bits per heavy atom. The largest absolute Gasteiger partial charge is 0.235 e. The Morgan fingerprint density at radius 3 is 2.80 bits per heavy atom. The Hall–Kier alpha value is -2.39. The van der Waals surface area contributed by atoms with Crippen LogP contribution < -0.4 is 0 Å². The molecule has 9 heteroatoms. The van der Waals surface area contributed by atoms with Crippen LogP contribution in [0.2, 0.25) is 0 Å². The molecule has 1 aliphatic rings. The van der Waals surface area contributed by atoms with Crippen molar-refractivity contribution < 1.29 is 4.39 Å². The smallest absolute Gasteiger partial charge is 0.215 e. The monoisotopic (exact) mass is 370 g/mol. The Morgan fingerprint density at radius 2 is 2.00 bits per heavy atom. The van der Waals surface area contributed by atoms with Gasteiger partial charge >= 0.3 is 0 Å². The molecule has 0 saturated heterocycles. The number of hydrogen-bond acceptors (Lipinski definition) is 7. The second-order valence-corrected chi connectivity index (χ2v) is 7.76. The summed E-state index contributed by atoms with van der Waals surface area (Å²) in [6, 6.07) is 8.88. The predicted molar refractivity (Wildman–Crippen MR) is 93.0 cm³/mol. The first-order valence-corrected chi connectivity index (χ1v) is 9.37. The van der Waals surface area contributed by atoms with Gasteiger partial charge in [0, 0.05) is 4.88 Å². The van der Waals surface area contributed by atoms with Crippen molar-refractivity contribution >= 4 is 33.3 Å². The molecule has 1 aromatic carbocycles. The topological polar surface area (TPSA) is 69.4 Å². The summed E-state index contributed by atoms with van der Waals surface area (Å²) in [5.74, 6) is -0.243. The third-order valence-corrected chi connectivity index (χ3v) is 6.21. The third-order valence-electron chi connectivity index (χ3n) is 3.95. The number of rotatable bonds is 4. The molecule has 0 bridgehead atoms. The van der Waals surface area contributed by atoms with E-state index in [2.05, 4.69) is 25.5 Å². The zero-order valence-electron chi connectivity index (χ0n) is 12.8. The summed E-state index contributed by atoms with van der Waals surface area (Å²) < 4.78 is 16.0. The number of nitrogens with zero attached hydrogens (tertiary/aromatic N) is 6. The van der Waals surface area contributed by atoms with E-state index in [0.29, 0.717) is 6.04 Å². The lowest BCUT2D eigenvalue weighted by Crippen LogP contribution is -1.98. The number of benzene rings is 1. The molecule has 1 fully saturated rings. The van der Waals surface area contributed by atoms with Crippen LogP contribution in [0.25, 0.3) is 20.7 Å². The van der Waals surface area contributed by atoms with Crippen molar-refractivity contribution in [1.29, 1.82) is 0 Å². The summed E-state index contributed by atoms with van der Waals surface area (Å²) in [6.07, 6.45) is 3.79. The summed E-state index contributed by atoms with van der Waals surface area (Å²) in [4.78, 5) is 9.80. The van der Waals surface area contributed by atoms with Crippen LogP contribution in [0.4, 0.5) is 4.39 Å². The lowest BCUT2D eigenvalue weighted by Gasteiger charge is -2.02. The maximum atomic E-state index is 13.1. The van der Waals surface area contributed by atoms with Crippen LogP contribution >= 0.6 is 23.1 Å². The van der Waals surface area contributed by atoms with Gasteiger partial charge in [0.05, 0.1) is 16.3 Å². The van der Waals surface area contributed by atoms with E-state index in [0.717, 1.165) is 43.7 Å². The van der Waals surface area contributed by atoms with Crippen LogP contribution in [0.15, 0.2) is 46.8 Å². The van der Waals surface area contributed by atoms with Gasteiger partial charge in [0.2, 0.25) is 5.16 Å². The quantitative estimate of drug-likeness (QED) is 0.506. The van der Waals surface area contributed by atoms with Crippen LogP contribution in [0.1, 0.15) is 18.9 Å². The highest BCUT2D eigenvalue weighted by atomic mass is 32.2. The van der Waals surface area contributed by atoms with E-state index in [1.165, 1.54) is 23.9 Å². The molecule has 4 aromatic rings. The lowest BCUT2D eigenvalue weighted by atomic mass is 10.2. The van der Waals surface area contributed by atoms with Gasteiger partial charge in [-0.05, 0) is 58.8 Å². The minimum atomic E-state index is -0.243. The minimum Gasteiger partial charge on any atom is -0.235 e. The Balaban J connectivity index is 1.54. The van der Waals surface area contributed by atoms with Gasteiger partial charge in [-0.3, -0.25) is 0 Å². The summed E-state index contributed by atoms with van der Waals surface area (Å²) >= 11 is 3.04. The molecule has 0 N–H and O–H groups in total. The molecular formula is C16H11FN6S2. The molecular weight excluding hydrogens is 359 g/mol. The molecule has 0 amide bonds. The van der Waals surface area contributed by atoms with Crippen LogP contribution in [-0.2, 0) is 0 Å². The molecule has 0 atom stereocenters. The Labute approximate surface area is 150 Å². The maximum Gasteiger partial charge on any atom is 0.215 e. The number of thiophene rings is 1. The number of fused-ring (bicyclic) bond motifs is 1. The molecule has 1 aliphatic carbocycles. The molecule has 3 aromatic heterocycles. The van der Waals surface area contributed by atoms with Crippen molar-refractivity contribution in [2.45, 2.75) is 29.1 Å². The molecule has 0 radical (unpaired) electrons. The summed E-state index contributed by atoms with van der Waals surface area (Å²) in [7, 11) is 0. The zero-order chi connectivity index (χ0) is 16.8. The third kappa shape index (κ3) is 2.79. The lowest BCUT2D eigenvalue weighted by molar-refractivity contribution is 0.565. The highest BCUT2D eigenvalue weighted by Gasteiger charge is 2.28. The first-order valence-electron chi connectivity index (χ1n) is 7.74. The first kappa shape index (κ1) is 14.9. The van der Waals surface area contributed by atoms with Crippen LogP contribution in [0, 0.1) is 5.82 Å². The second kappa shape index (κ2) is 5.85. The van der Waals surface area contributed by atoms with Crippen molar-refractivity contribution in [3.63, 3.8) is 0 Å². The van der Waals surface area contributed by atoms with E-state index in [1.54, 1.807) is 29.8 Å². The average molecular weight is 370 g/mol. The molecule has 6 nitrogen and oxygen atoms in total. The van der Waals surface area contributed by atoms with E-state index in [4.69, 9.17) is 0 Å². The van der Waals surface area contributed by atoms with Crippen molar-refractivity contribution in [3.05, 3.63) is 42.5 Å². The molecule has 0 unspecified atom stereocenters. The first-order chi connectivity index (χ1) is 12.3. The maximum absolute atomic E-state index is 13.1. The van der Waals surface area contributed by atoms with E-state index >= 15 is 0 Å². The van der Waals surface area contributed by atoms with Crippen molar-refractivity contribution in [2.24, 2.45) is 0 Å². The summed E-state index contributed by atoms with van der Waals surface area (Å²) in [6.45, 7) is 0. The van der Waals surface area contributed by atoms with Gasteiger partial charge in [0.25, 0.3) is 0 Å². The van der Waals surface area contributed by atoms with E-state index in [9.17, 15) is 4.39 Å². The van der Waals surface area contributed by atoms with Crippen LogP contribution in [-0.4, -0.2) is 30.2 Å². The minimum absolute atomic E-state index is 0.243. The van der Waals surface area contributed by atoms with Gasteiger partial charge in [-0.15, -0.1) is 16.4 Å². The molecule has 0 spiro atoms. The number of tetrazole rings is 1. The fourth-order valence-electron chi connectivity index (χ4n) is 2.55. The predicted octanol–water partition coefficient (Wildman–Crippen LogP) is 3.97. The molecule has 1 saturated carbocycles. The van der Waals surface area contributed by atoms with Gasteiger partial charge in [0.1, 0.15) is 17.2 Å². The SMILES string of the molecule is Fc1ccc(-c2cc3ncnc(Sc4nnnn4C4CC4)c3s2)cc1. The fourth-order valence-corrected chi connectivity index (χ4v) is 4.63. The average Bonchev–Trinajstić information content (AvgIpc) is 3.19. The van der Waals surface area contributed by atoms with E-state index in [-0.39, 0.29) is 5.82 Å². The number of halogens is 1. The highest BCUT2D eigenvalue weighted by molar-refractivity contribution is 7.99. The second-order valence-electron chi connectivity index (χ2n) is 5.75. The van der Waals surface area contributed by atoms with E-state index in [1.807, 2.05) is 10.7 Å². The van der Waals surface area contributed by atoms with Gasteiger partial charge in [-0.25, -0.2) is 19.0 Å². The van der Waals surface area contributed by atoms with Crippen LogP contribution in [0.5, 0.6) is 0 Å². The van der Waals surface area contributed by atoms with Crippen molar-refractivity contribution in [3.8, 4) is 10.4 Å². The number of aromatic nitrogens is 6. The molecule has 3 heterocycles. The van der Waals surface area contributed by atoms with E-state index < -0.39 is 0 Å². The molecule has 124 valence electrons. The molecule has 0 aliphatic heterocycles. The van der Waals surface area contributed by atoms with Gasteiger partial charge in [-0.2, -0.15) is 0 Å². The van der Waals surface area contributed by atoms with Crippen molar-refractivity contribution in [2.75, 3.05) is 0 Å². The Bertz CT molecular complexity index is 1050. The summed E-state index contributed by atoms with van der Waals surface area (Å²) in [5.41, 5.74) is 1.83.